The lowest BCUT2D eigenvalue weighted by Crippen LogP contribution is -2.51. The number of benzene rings is 1. The van der Waals surface area contributed by atoms with Crippen molar-refractivity contribution in [1.29, 1.82) is 5.26 Å². The zero-order valence-corrected chi connectivity index (χ0v) is 13.7. The Balaban J connectivity index is 0.00000220. The summed E-state index contributed by atoms with van der Waals surface area (Å²) in [7, 11) is -3.74. The van der Waals surface area contributed by atoms with E-state index in [4.69, 9.17) is 22.6 Å². The van der Waals surface area contributed by atoms with Crippen LogP contribution >= 0.6 is 24.0 Å². The van der Waals surface area contributed by atoms with Gasteiger partial charge < -0.3 is 5.73 Å². The highest BCUT2D eigenvalue weighted by atomic mass is 35.5. The predicted octanol–water partition coefficient (Wildman–Crippen LogP) is 2.18. The Morgan fingerprint density at radius 2 is 2.00 bits per heavy atom. The van der Waals surface area contributed by atoms with Crippen LogP contribution in [0.5, 0.6) is 0 Å². The summed E-state index contributed by atoms with van der Waals surface area (Å²) < 4.78 is 27.6. The molecule has 1 aromatic rings. The van der Waals surface area contributed by atoms with Gasteiger partial charge in [-0.05, 0) is 31.0 Å². The number of halogens is 2. The van der Waals surface area contributed by atoms with E-state index in [2.05, 4.69) is 4.72 Å². The first kappa shape index (κ1) is 18.2. The summed E-state index contributed by atoms with van der Waals surface area (Å²) in [5.41, 5.74) is 5.48. The minimum atomic E-state index is -3.74. The van der Waals surface area contributed by atoms with Gasteiger partial charge >= 0.3 is 0 Å². The highest BCUT2D eigenvalue weighted by Gasteiger charge is 2.37. The molecule has 0 saturated heterocycles. The van der Waals surface area contributed by atoms with Gasteiger partial charge in [0.2, 0.25) is 10.0 Å². The fourth-order valence-corrected chi connectivity index (χ4v) is 4.54. The number of sulfonamides is 1. The molecule has 0 heterocycles. The van der Waals surface area contributed by atoms with E-state index in [-0.39, 0.29) is 28.9 Å². The maximum Gasteiger partial charge on any atom is 0.242 e. The Morgan fingerprint density at radius 3 is 2.48 bits per heavy atom. The number of hydrogen-bond donors (Lipinski definition) is 2. The highest BCUT2D eigenvalue weighted by Crippen LogP contribution is 2.31. The van der Waals surface area contributed by atoms with Crippen molar-refractivity contribution in [3.05, 3.63) is 28.8 Å². The van der Waals surface area contributed by atoms with Crippen LogP contribution in [-0.4, -0.2) is 20.5 Å². The van der Waals surface area contributed by atoms with Crippen LogP contribution in [0.2, 0.25) is 5.02 Å². The fraction of sp³-hybridized carbons (Fsp3) is 0.462. The summed E-state index contributed by atoms with van der Waals surface area (Å²) in [6, 6.07) is 6.05. The van der Waals surface area contributed by atoms with Crippen LogP contribution in [0.25, 0.3) is 0 Å². The van der Waals surface area contributed by atoms with E-state index >= 15 is 0 Å². The number of nitriles is 1. The molecule has 3 N–H and O–H groups in total. The van der Waals surface area contributed by atoms with Crippen LogP contribution in [0.3, 0.4) is 0 Å². The van der Waals surface area contributed by atoms with Crippen molar-refractivity contribution in [2.75, 3.05) is 6.54 Å². The predicted molar refractivity (Wildman–Crippen MR) is 84.0 cm³/mol. The van der Waals surface area contributed by atoms with Gasteiger partial charge in [0, 0.05) is 12.1 Å². The molecule has 116 valence electrons. The molecular formula is C13H17Cl2N3O2S. The molecule has 0 atom stereocenters. The van der Waals surface area contributed by atoms with E-state index in [0.717, 1.165) is 25.7 Å². The summed E-state index contributed by atoms with van der Waals surface area (Å²) in [6.45, 7) is 0.264. The third-order valence-corrected chi connectivity index (χ3v) is 5.71. The zero-order chi connectivity index (χ0) is 14.8. The first-order chi connectivity index (χ1) is 9.42. The molecule has 1 saturated carbocycles. The molecule has 1 aromatic carbocycles. The Hall–Kier alpha value is -0.840. The topological polar surface area (TPSA) is 96.0 Å². The third kappa shape index (κ3) is 3.87. The SMILES string of the molecule is Cl.N#Cc1ccc(S(=O)(=O)NC2(CN)CCCC2)c(Cl)c1. The van der Waals surface area contributed by atoms with Gasteiger partial charge in [-0.3, -0.25) is 0 Å². The Morgan fingerprint density at radius 1 is 1.38 bits per heavy atom. The van der Waals surface area contributed by atoms with E-state index in [1.165, 1.54) is 18.2 Å². The summed E-state index contributed by atoms with van der Waals surface area (Å²) in [5, 5.41) is 8.82. The fourth-order valence-electron chi connectivity index (χ4n) is 2.53. The van der Waals surface area contributed by atoms with E-state index in [0.29, 0.717) is 5.56 Å². The number of hydrogen-bond acceptors (Lipinski definition) is 4. The average Bonchev–Trinajstić information content (AvgIpc) is 2.86. The standard InChI is InChI=1S/C13H16ClN3O2S.ClH/c14-11-7-10(8-15)3-4-12(11)20(18,19)17-13(9-16)5-1-2-6-13;/h3-4,7,17H,1-2,5-6,9,16H2;1H. The molecule has 0 spiro atoms. The molecule has 2 rings (SSSR count). The van der Waals surface area contributed by atoms with Crippen molar-refractivity contribution in [1.82, 2.24) is 4.72 Å². The van der Waals surface area contributed by atoms with Crippen molar-refractivity contribution in [3.8, 4) is 6.07 Å². The molecule has 21 heavy (non-hydrogen) atoms. The molecular weight excluding hydrogens is 333 g/mol. The number of nitrogens with zero attached hydrogens (tertiary/aromatic N) is 1. The highest BCUT2D eigenvalue weighted by molar-refractivity contribution is 7.89. The van der Waals surface area contributed by atoms with Crippen LogP contribution in [0.1, 0.15) is 31.2 Å². The normalized spacial score (nSPS) is 17.0. The first-order valence-electron chi connectivity index (χ1n) is 6.36. The molecule has 0 aromatic heterocycles. The van der Waals surface area contributed by atoms with Crippen LogP contribution in [0, 0.1) is 11.3 Å². The quantitative estimate of drug-likeness (QED) is 0.870. The van der Waals surface area contributed by atoms with Gasteiger partial charge in [-0.25, -0.2) is 13.1 Å². The van der Waals surface area contributed by atoms with Crippen LogP contribution < -0.4 is 10.5 Å². The number of nitrogens with two attached hydrogens (primary N) is 1. The zero-order valence-electron chi connectivity index (χ0n) is 11.3. The van der Waals surface area contributed by atoms with Crippen molar-refractivity contribution in [3.63, 3.8) is 0 Å². The van der Waals surface area contributed by atoms with E-state index in [1.54, 1.807) is 0 Å². The molecule has 0 unspecified atom stereocenters. The lowest BCUT2D eigenvalue weighted by Gasteiger charge is -2.28. The molecule has 8 heteroatoms. The summed E-state index contributed by atoms with van der Waals surface area (Å²) in [5.74, 6) is 0. The van der Waals surface area contributed by atoms with Crippen LogP contribution in [0.15, 0.2) is 23.1 Å². The maximum atomic E-state index is 12.4. The second kappa shape index (κ2) is 6.95. The summed E-state index contributed by atoms with van der Waals surface area (Å²) in [4.78, 5) is -0.0158. The summed E-state index contributed by atoms with van der Waals surface area (Å²) >= 11 is 5.97. The molecule has 1 fully saturated rings. The van der Waals surface area contributed by atoms with Gasteiger partial charge in [0.05, 0.1) is 16.7 Å². The van der Waals surface area contributed by atoms with E-state index in [1.807, 2.05) is 6.07 Å². The Bertz CT molecular complexity index is 650. The average molecular weight is 350 g/mol. The van der Waals surface area contributed by atoms with Gasteiger partial charge in [0.25, 0.3) is 0 Å². The van der Waals surface area contributed by atoms with Crippen molar-refractivity contribution >= 4 is 34.0 Å². The first-order valence-corrected chi connectivity index (χ1v) is 8.22. The largest absolute Gasteiger partial charge is 0.329 e. The number of rotatable bonds is 4. The second-order valence-electron chi connectivity index (χ2n) is 5.05. The van der Waals surface area contributed by atoms with Crippen molar-refractivity contribution in [2.24, 2.45) is 5.73 Å². The van der Waals surface area contributed by atoms with E-state index < -0.39 is 15.6 Å². The lowest BCUT2D eigenvalue weighted by atomic mass is 10.0. The van der Waals surface area contributed by atoms with Gasteiger partial charge in [0.1, 0.15) is 4.90 Å². The van der Waals surface area contributed by atoms with Gasteiger partial charge in [0.15, 0.2) is 0 Å². The van der Waals surface area contributed by atoms with Crippen molar-refractivity contribution in [2.45, 2.75) is 36.1 Å². The summed E-state index contributed by atoms with van der Waals surface area (Å²) in [6.07, 6.45) is 3.38. The van der Waals surface area contributed by atoms with Crippen molar-refractivity contribution < 1.29 is 8.42 Å². The smallest absolute Gasteiger partial charge is 0.242 e. The molecule has 1 aliphatic carbocycles. The Kier molecular flexibility index (Phi) is 6.02. The molecule has 1 aliphatic rings. The van der Waals surface area contributed by atoms with Gasteiger partial charge in [-0.2, -0.15) is 5.26 Å². The third-order valence-electron chi connectivity index (χ3n) is 3.65. The number of nitrogens with one attached hydrogen (secondary N) is 1. The van der Waals surface area contributed by atoms with Crippen LogP contribution in [-0.2, 0) is 10.0 Å². The molecule has 5 nitrogen and oxygen atoms in total. The van der Waals surface area contributed by atoms with Gasteiger partial charge in [-0.15, -0.1) is 12.4 Å². The molecule has 0 radical (unpaired) electrons. The lowest BCUT2D eigenvalue weighted by molar-refractivity contribution is 0.399. The van der Waals surface area contributed by atoms with E-state index in [9.17, 15) is 8.42 Å². The molecule has 0 aliphatic heterocycles. The van der Waals surface area contributed by atoms with Gasteiger partial charge in [-0.1, -0.05) is 24.4 Å². The minimum absolute atomic E-state index is 0. The second-order valence-corrected chi connectivity index (χ2v) is 7.11. The molecule has 0 bridgehead atoms. The molecule has 0 amide bonds. The maximum absolute atomic E-state index is 12.4. The monoisotopic (exact) mass is 349 g/mol. The van der Waals surface area contributed by atoms with Crippen LogP contribution in [0.4, 0.5) is 0 Å². The Labute approximate surface area is 135 Å². The minimum Gasteiger partial charge on any atom is -0.329 e.